The smallest absolute Gasteiger partial charge is 0.296 e. The molecule has 3 atom stereocenters. The first-order valence-corrected chi connectivity index (χ1v) is 12.3. The van der Waals surface area contributed by atoms with E-state index < -0.39 is 18.3 Å². The Hall–Kier alpha value is -3.76. The van der Waals surface area contributed by atoms with E-state index >= 15 is 0 Å². The summed E-state index contributed by atoms with van der Waals surface area (Å²) in [6.07, 6.45) is 0.283. The summed E-state index contributed by atoms with van der Waals surface area (Å²) in [7, 11) is 0. The molecule has 1 aliphatic rings. The van der Waals surface area contributed by atoms with E-state index in [-0.39, 0.29) is 19.2 Å². The zero-order valence-corrected chi connectivity index (χ0v) is 20.4. The molecule has 10 heteroatoms. The van der Waals surface area contributed by atoms with Gasteiger partial charge in [0.05, 0.1) is 41.2 Å². The van der Waals surface area contributed by atoms with E-state index in [4.69, 9.17) is 21.1 Å². The van der Waals surface area contributed by atoms with Crippen LogP contribution < -0.4 is 4.74 Å². The second kappa shape index (κ2) is 9.95. The van der Waals surface area contributed by atoms with Gasteiger partial charge in [0.15, 0.2) is 5.65 Å². The summed E-state index contributed by atoms with van der Waals surface area (Å²) in [5.74, 6) is 0. The molecule has 0 spiro atoms. The summed E-state index contributed by atoms with van der Waals surface area (Å²) in [4.78, 5) is 12.2. The Morgan fingerprint density at radius 2 is 1.68 bits per heavy atom. The van der Waals surface area contributed by atoms with E-state index in [0.717, 1.165) is 27.9 Å². The number of nitrogens with one attached hydrogen (secondary N) is 2. The molecule has 0 aliphatic carbocycles. The molecule has 1 aliphatic heterocycles. The molecule has 2 aromatic carbocycles. The lowest BCUT2D eigenvalue weighted by atomic mass is 10.0. The Morgan fingerprint density at radius 3 is 2.32 bits per heavy atom. The van der Waals surface area contributed by atoms with Gasteiger partial charge < -0.3 is 24.7 Å². The number of aliphatic hydroxyl groups excluding tert-OH is 2. The summed E-state index contributed by atoms with van der Waals surface area (Å²) in [6, 6.07) is 20.3. The first-order valence-electron chi connectivity index (χ1n) is 11.9. The SMILES string of the molecule is OCC1OC[C@H](Oc2nc3nc(-c4ccc(-c5ccc(-c6ccn[nH]6)cc5)cc4)c(Cl)cc3[nH]2)C[C@@H]1O. The second-order valence-electron chi connectivity index (χ2n) is 8.95. The number of rotatable bonds is 6. The molecule has 1 fully saturated rings. The lowest BCUT2D eigenvalue weighted by Gasteiger charge is -2.31. The maximum atomic E-state index is 10.1. The molecule has 0 bridgehead atoms. The molecule has 4 heterocycles. The summed E-state index contributed by atoms with van der Waals surface area (Å²) < 4.78 is 11.3. The number of hydrogen-bond acceptors (Lipinski definition) is 7. The zero-order valence-electron chi connectivity index (χ0n) is 19.6. The van der Waals surface area contributed by atoms with Crippen molar-refractivity contribution < 1.29 is 19.7 Å². The van der Waals surface area contributed by atoms with E-state index in [9.17, 15) is 10.2 Å². The number of pyridine rings is 1. The Bertz CT molecular complexity index is 1500. The number of fused-ring (bicyclic) bond motifs is 1. The summed E-state index contributed by atoms with van der Waals surface area (Å²) in [5.41, 5.74) is 6.83. The molecule has 37 heavy (non-hydrogen) atoms. The van der Waals surface area contributed by atoms with E-state index in [1.165, 1.54) is 0 Å². The van der Waals surface area contributed by atoms with Gasteiger partial charge in [0.25, 0.3) is 6.01 Å². The van der Waals surface area contributed by atoms with E-state index in [2.05, 4.69) is 49.4 Å². The minimum Gasteiger partial charge on any atom is -0.459 e. The van der Waals surface area contributed by atoms with Crippen LogP contribution in [0.5, 0.6) is 6.01 Å². The third kappa shape index (κ3) is 4.82. The quantitative estimate of drug-likeness (QED) is 0.265. The van der Waals surface area contributed by atoms with Gasteiger partial charge in [0.1, 0.15) is 12.2 Å². The van der Waals surface area contributed by atoms with Crippen LogP contribution in [0, 0.1) is 0 Å². The predicted octanol–water partition coefficient (Wildman–Crippen LogP) is 4.22. The van der Waals surface area contributed by atoms with Crippen LogP contribution in [0.4, 0.5) is 0 Å². The highest BCUT2D eigenvalue weighted by Gasteiger charge is 2.31. The van der Waals surface area contributed by atoms with Gasteiger partial charge in [-0.25, -0.2) is 4.98 Å². The highest BCUT2D eigenvalue weighted by molar-refractivity contribution is 6.33. The standard InChI is InChI=1S/C27H24ClN5O4/c28-20-12-22-26(32-27(30-22)37-19-11-23(35)24(13-34)36-14-19)31-25(20)18-7-3-16(4-8-18)15-1-5-17(6-2-15)21-9-10-29-33-21/h1-10,12,19,23-24,34-35H,11,13-14H2,(H,29,33)(H,30,31,32)/t19-,23+,24?/m1/s1. The van der Waals surface area contributed by atoms with E-state index in [1.807, 2.05) is 30.3 Å². The normalized spacial score (nSPS) is 19.8. The van der Waals surface area contributed by atoms with Crippen LogP contribution in [-0.4, -0.2) is 66.9 Å². The summed E-state index contributed by atoms with van der Waals surface area (Å²) >= 11 is 6.58. The Labute approximate surface area is 217 Å². The Balaban J connectivity index is 1.20. The van der Waals surface area contributed by atoms with E-state index in [1.54, 1.807) is 12.3 Å². The summed E-state index contributed by atoms with van der Waals surface area (Å²) in [5, 5.41) is 26.8. The molecule has 4 N–H and O–H groups in total. The van der Waals surface area contributed by atoms with Crippen molar-refractivity contribution >= 4 is 22.8 Å². The molecule has 5 aromatic rings. The number of imidazole rings is 1. The topological polar surface area (TPSA) is 129 Å². The van der Waals surface area contributed by atoms with E-state index in [0.29, 0.717) is 28.3 Å². The minimum atomic E-state index is -0.801. The molecule has 0 radical (unpaired) electrons. The highest BCUT2D eigenvalue weighted by atomic mass is 35.5. The van der Waals surface area contributed by atoms with Crippen molar-refractivity contribution in [1.29, 1.82) is 0 Å². The number of H-pyrrole nitrogens is 2. The number of halogens is 1. The van der Waals surface area contributed by atoms with Crippen molar-refractivity contribution in [1.82, 2.24) is 25.1 Å². The number of aromatic nitrogens is 5. The molecule has 1 saturated heterocycles. The number of ether oxygens (including phenoxy) is 2. The van der Waals surface area contributed by atoms with Gasteiger partial charge in [-0.05, 0) is 28.8 Å². The monoisotopic (exact) mass is 517 g/mol. The zero-order chi connectivity index (χ0) is 25.4. The average molecular weight is 518 g/mol. The molecule has 0 amide bonds. The van der Waals surface area contributed by atoms with Crippen molar-refractivity contribution in [2.24, 2.45) is 0 Å². The molecule has 3 aromatic heterocycles. The number of aromatic amines is 2. The fourth-order valence-electron chi connectivity index (χ4n) is 4.48. The van der Waals surface area contributed by atoms with Crippen molar-refractivity contribution in [3.8, 4) is 39.7 Å². The van der Waals surface area contributed by atoms with Crippen molar-refractivity contribution in [2.75, 3.05) is 13.2 Å². The molecular weight excluding hydrogens is 494 g/mol. The van der Waals surface area contributed by atoms with Gasteiger partial charge in [-0.2, -0.15) is 10.1 Å². The third-order valence-electron chi connectivity index (χ3n) is 6.48. The van der Waals surface area contributed by atoms with Gasteiger partial charge in [-0.3, -0.25) is 5.10 Å². The van der Waals surface area contributed by atoms with Crippen molar-refractivity contribution in [3.63, 3.8) is 0 Å². The lowest BCUT2D eigenvalue weighted by Crippen LogP contribution is -2.45. The number of nitrogens with zero attached hydrogens (tertiary/aromatic N) is 3. The first kappa shape index (κ1) is 23.6. The third-order valence-corrected chi connectivity index (χ3v) is 6.77. The summed E-state index contributed by atoms with van der Waals surface area (Å²) in [6.45, 7) is 0.0139. The minimum absolute atomic E-state index is 0.233. The molecule has 9 nitrogen and oxygen atoms in total. The fourth-order valence-corrected chi connectivity index (χ4v) is 4.74. The van der Waals surface area contributed by atoms with Crippen LogP contribution in [-0.2, 0) is 4.74 Å². The lowest BCUT2D eigenvalue weighted by molar-refractivity contribution is -0.131. The molecular formula is C27H24ClN5O4. The number of aliphatic hydroxyl groups is 2. The predicted molar refractivity (Wildman–Crippen MR) is 139 cm³/mol. The Morgan fingerprint density at radius 1 is 0.973 bits per heavy atom. The van der Waals surface area contributed by atoms with Crippen LogP contribution in [0.3, 0.4) is 0 Å². The van der Waals surface area contributed by atoms with Gasteiger partial charge in [0.2, 0.25) is 0 Å². The van der Waals surface area contributed by atoms with Crippen LogP contribution in [0.15, 0.2) is 66.9 Å². The maximum Gasteiger partial charge on any atom is 0.296 e. The molecule has 188 valence electrons. The van der Waals surface area contributed by atoms with Gasteiger partial charge in [-0.1, -0.05) is 60.1 Å². The van der Waals surface area contributed by atoms with Crippen LogP contribution in [0.1, 0.15) is 6.42 Å². The molecule has 6 rings (SSSR count). The van der Waals surface area contributed by atoms with Crippen molar-refractivity contribution in [3.05, 3.63) is 71.9 Å². The second-order valence-corrected chi connectivity index (χ2v) is 9.36. The first-order chi connectivity index (χ1) is 18.1. The van der Waals surface area contributed by atoms with Crippen molar-refractivity contribution in [2.45, 2.75) is 24.7 Å². The maximum absolute atomic E-state index is 10.1. The van der Waals surface area contributed by atoms with Gasteiger partial charge in [0, 0.05) is 18.2 Å². The van der Waals surface area contributed by atoms with Crippen LogP contribution >= 0.6 is 11.6 Å². The number of hydrogen-bond donors (Lipinski definition) is 4. The van der Waals surface area contributed by atoms with Gasteiger partial charge in [-0.15, -0.1) is 0 Å². The molecule has 0 saturated carbocycles. The van der Waals surface area contributed by atoms with Gasteiger partial charge >= 0.3 is 0 Å². The van der Waals surface area contributed by atoms with Crippen LogP contribution in [0.25, 0.3) is 44.8 Å². The molecule has 1 unspecified atom stereocenters. The fraction of sp³-hybridized carbons (Fsp3) is 0.222. The Kier molecular flexibility index (Phi) is 6.35. The number of benzene rings is 2. The largest absolute Gasteiger partial charge is 0.459 e. The van der Waals surface area contributed by atoms with Crippen LogP contribution in [0.2, 0.25) is 5.02 Å². The average Bonchev–Trinajstić information content (AvgIpc) is 3.59. The highest BCUT2D eigenvalue weighted by Crippen LogP contribution is 2.32.